The lowest BCUT2D eigenvalue weighted by atomic mass is 10.1. The molecule has 0 radical (unpaired) electrons. The van der Waals surface area contributed by atoms with Gasteiger partial charge >= 0.3 is 12.4 Å². The second-order valence-electron chi connectivity index (χ2n) is 4.17. The van der Waals surface area contributed by atoms with Crippen LogP contribution in [-0.4, -0.2) is 26.4 Å². The maximum atomic E-state index is 12.6. The normalized spacial score (nSPS) is 14.1. The molecule has 0 aromatic heterocycles. The van der Waals surface area contributed by atoms with Crippen LogP contribution in [0, 0.1) is 0 Å². The topological polar surface area (TPSA) is 44.5 Å². The SMILES string of the molecule is COCC(CN)Oc1cc(C(F)(F)F)cc(C(F)(F)F)c1. The van der Waals surface area contributed by atoms with Crippen LogP contribution in [0.15, 0.2) is 18.2 Å². The van der Waals surface area contributed by atoms with Crippen LogP contribution in [-0.2, 0) is 17.1 Å². The molecule has 9 heteroatoms. The lowest BCUT2D eigenvalue weighted by Gasteiger charge is -2.19. The fourth-order valence-electron chi connectivity index (χ4n) is 1.52. The molecule has 0 saturated heterocycles. The molecule has 0 bridgehead atoms. The van der Waals surface area contributed by atoms with Gasteiger partial charge in [0.25, 0.3) is 0 Å². The maximum absolute atomic E-state index is 12.6. The number of alkyl halides is 6. The van der Waals surface area contributed by atoms with Crippen LogP contribution in [0.4, 0.5) is 26.3 Å². The highest BCUT2D eigenvalue weighted by Gasteiger charge is 2.37. The zero-order chi connectivity index (χ0) is 16.3. The maximum Gasteiger partial charge on any atom is 0.416 e. The molecule has 0 aliphatic heterocycles. The van der Waals surface area contributed by atoms with Gasteiger partial charge in [-0.2, -0.15) is 26.3 Å². The van der Waals surface area contributed by atoms with E-state index in [1.165, 1.54) is 7.11 Å². The first-order chi connectivity index (χ1) is 9.57. The minimum absolute atomic E-state index is 0.0284. The number of halogens is 6. The summed E-state index contributed by atoms with van der Waals surface area (Å²) in [7, 11) is 1.30. The first-order valence-electron chi connectivity index (χ1n) is 5.73. The second-order valence-corrected chi connectivity index (χ2v) is 4.17. The highest BCUT2D eigenvalue weighted by molar-refractivity contribution is 5.37. The van der Waals surface area contributed by atoms with E-state index in [4.69, 9.17) is 15.2 Å². The molecule has 21 heavy (non-hydrogen) atoms. The Balaban J connectivity index is 3.19. The van der Waals surface area contributed by atoms with E-state index in [9.17, 15) is 26.3 Å². The molecule has 3 nitrogen and oxygen atoms in total. The van der Waals surface area contributed by atoms with Crippen molar-refractivity contribution in [2.45, 2.75) is 18.5 Å². The van der Waals surface area contributed by atoms with Gasteiger partial charge in [-0.1, -0.05) is 0 Å². The lowest BCUT2D eigenvalue weighted by Crippen LogP contribution is -2.31. The molecule has 1 aromatic carbocycles. The van der Waals surface area contributed by atoms with Gasteiger partial charge < -0.3 is 15.2 Å². The highest BCUT2D eigenvalue weighted by atomic mass is 19.4. The molecule has 0 aliphatic rings. The van der Waals surface area contributed by atoms with Crippen molar-refractivity contribution in [1.82, 2.24) is 0 Å². The standard InChI is InChI=1S/C12H13F6NO2/c1-20-6-10(5-19)21-9-3-7(11(13,14)15)2-8(4-9)12(16,17)18/h2-4,10H,5-6,19H2,1H3. The van der Waals surface area contributed by atoms with Crippen molar-refractivity contribution in [3.8, 4) is 5.75 Å². The third-order valence-electron chi connectivity index (χ3n) is 2.48. The Bertz CT molecular complexity index is 440. The second kappa shape index (κ2) is 6.52. The fourth-order valence-corrected chi connectivity index (χ4v) is 1.52. The van der Waals surface area contributed by atoms with Crippen molar-refractivity contribution < 1.29 is 35.8 Å². The molecule has 1 aromatic rings. The van der Waals surface area contributed by atoms with E-state index in [-0.39, 0.29) is 19.2 Å². The van der Waals surface area contributed by atoms with E-state index in [1.807, 2.05) is 0 Å². The van der Waals surface area contributed by atoms with Crippen molar-refractivity contribution in [2.75, 3.05) is 20.3 Å². The molecule has 120 valence electrons. The summed E-state index contributed by atoms with van der Waals surface area (Å²) in [6.45, 7) is -0.181. The van der Waals surface area contributed by atoms with E-state index in [0.29, 0.717) is 12.1 Å². The first-order valence-corrected chi connectivity index (χ1v) is 5.73. The molecule has 0 amide bonds. The van der Waals surface area contributed by atoms with Gasteiger partial charge in [0.1, 0.15) is 11.9 Å². The third-order valence-corrected chi connectivity index (χ3v) is 2.48. The van der Waals surface area contributed by atoms with Gasteiger partial charge in [-0.05, 0) is 18.2 Å². The molecule has 0 fully saturated rings. The molecule has 1 rings (SSSR count). The largest absolute Gasteiger partial charge is 0.487 e. The van der Waals surface area contributed by atoms with Crippen molar-refractivity contribution in [3.63, 3.8) is 0 Å². The van der Waals surface area contributed by atoms with E-state index in [1.54, 1.807) is 0 Å². The monoisotopic (exact) mass is 317 g/mol. The number of nitrogens with two attached hydrogens (primary N) is 1. The molecule has 1 unspecified atom stereocenters. The number of ether oxygens (including phenoxy) is 2. The van der Waals surface area contributed by atoms with Crippen LogP contribution in [0.2, 0.25) is 0 Å². The summed E-state index contributed by atoms with van der Waals surface area (Å²) < 4.78 is 85.5. The van der Waals surface area contributed by atoms with E-state index in [2.05, 4.69) is 0 Å². The van der Waals surface area contributed by atoms with Gasteiger partial charge in [-0.15, -0.1) is 0 Å². The van der Waals surface area contributed by atoms with Gasteiger partial charge in [-0.3, -0.25) is 0 Å². The number of methoxy groups -OCH3 is 1. The van der Waals surface area contributed by atoms with Crippen molar-refractivity contribution in [1.29, 1.82) is 0 Å². The van der Waals surface area contributed by atoms with Crippen LogP contribution < -0.4 is 10.5 Å². The molecule has 0 heterocycles. The fraction of sp³-hybridized carbons (Fsp3) is 0.500. The average Bonchev–Trinajstić information content (AvgIpc) is 2.35. The summed E-state index contributed by atoms with van der Waals surface area (Å²) in [5.41, 5.74) is 2.42. The quantitative estimate of drug-likeness (QED) is 0.849. The number of rotatable bonds is 5. The smallest absolute Gasteiger partial charge is 0.416 e. The summed E-state index contributed by atoms with van der Waals surface area (Å²) in [6, 6.07) is 1.02. The summed E-state index contributed by atoms with van der Waals surface area (Å²) in [6.07, 6.45) is -10.7. The van der Waals surface area contributed by atoms with E-state index >= 15 is 0 Å². The molecule has 0 aliphatic carbocycles. The predicted molar refractivity (Wildman–Crippen MR) is 61.8 cm³/mol. The van der Waals surface area contributed by atoms with Crippen LogP contribution in [0.1, 0.15) is 11.1 Å². The Morgan fingerprint density at radius 1 is 1.00 bits per heavy atom. The Morgan fingerprint density at radius 2 is 1.48 bits per heavy atom. The number of hydrogen-bond acceptors (Lipinski definition) is 3. The molecule has 2 N–H and O–H groups in total. The van der Waals surface area contributed by atoms with Gasteiger partial charge in [0.2, 0.25) is 0 Å². The van der Waals surface area contributed by atoms with Crippen LogP contribution in [0.25, 0.3) is 0 Å². The Kier molecular flexibility index (Phi) is 5.46. The minimum Gasteiger partial charge on any atom is -0.487 e. The molecule has 0 spiro atoms. The zero-order valence-corrected chi connectivity index (χ0v) is 10.9. The summed E-state index contributed by atoms with van der Waals surface area (Å²) in [5.74, 6) is -0.565. The molecule has 1 atom stereocenters. The van der Waals surface area contributed by atoms with Crippen molar-refractivity contribution >= 4 is 0 Å². The van der Waals surface area contributed by atoms with E-state index < -0.39 is 35.3 Å². The molecular formula is C12H13F6NO2. The Hall–Kier alpha value is -1.48. The average molecular weight is 317 g/mol. The van der Waals surface area contributed by atoms with Crippen LogP contribution >= 0.6 is 0 Å². The summed E-state index contributed by atoms with van der Waals surface area (Å²) >= 11 is 0. The zero-order valence-electron chi connectivity index (χ0n) is 10.9. The van der Waals surface area contributed by atoms with Crippen LogP contribution in [0.5, 0.6) is 5.75 Å². The summed E-state index contributed by atoms with van der Waals surface area (Å²) in [5, 5.41) is 0. The van der Waals surface area contributed by atoms with Crippen molar-refractivity contribution in [3.05, 3.63) is 29.3 Å². The molecular weight excluding hydrogens is 304 g/mol. The molecule has 0 saturated carbocycles. The van der Waals surface area contributed by atoms with Crippen LogP contribution in [0.3, 0.4) is 0 Å². The Labute approximate surface area is 116 Å². The predicted octanol–water partition coefficient (Wildman–Crippen LogP) is 3.08. The first kappa shape index (κ1) is 17.6. The Morgan fingerprint density at radius 3 is 1.81 bits per heavy atom. The van der Waals surface area contributed by atoms with Gasteiger partial charge in [0.05, 0.1) is 17.7 Å². The summed E-state index contributed by atoms with van der Waals surface area (Å²) in [4.78, 5) is 0. The highest BCUT2D eigenvalue weighted by Crippen LogP contribution is 2.38. The van der Waals surface area contributed by atoms with Gasteiger partial charge in [0.15, 0.2) is 0 Å². The van der Waals surface area contributed by atoms with E-state index in [0.717, 1.165) is 0 Å². The van der Waals surface area contributed by atoms with Gasteiger partial charge in [0, 0.05) is 13.7 Å². The lowest BCUT2D eigenvalue weighted by molar-refractivity contribution is -0.143. The number of hydrogen-bond donors (Lipinski definition) is 1. The van der Waals surface area contributed by atoms with Crippen molar-refractivity contribution in [2.24, 2.45) is 5.73 Å². The minimum atomic E-state index is -4.92. The third kappa shape index (κ3) is 5.09. The van der Waals surface area contributed by atoms with Gasteiger partial charge in [-0.25, -0.2) is 0 Å². The number of benzene rings is 1.